The van der Waals surface area contributed by atoms with Gasteiger partial charge >= 0.3 is 11.8 Å². The van der Waals surface area contributed by atoms with E-state index < -0.39 is 23.4 Å². The van der Waals surface area contributed by atoms with Crippen LogP contribution in [-0.2, 0) is 11.3 Å². The number of aryl methyl sites for hydroxylation is 1. The van der Waals surface area contributed by atoms with E-state index in [2.05, 4.69) is 10.4 Å². The molecule has 4 rings (SSSR count). The number of ether oxygens (including phenoxy) is 1. The fourth-order valence-corrected chi connectivity index (χ4v) is 4.84. The highest BCUT2D eigenvalue weighted by Gasteiger charge is 2.30. The predicted octanol–water partition coefficient (Wildman–Crippen LogP) is 5.41. The van der Waals surface area contributed by atoms with Crippen molar-refractivity contribution in [3.63, 3.8) is 0 Å². The molecule has 222 valence electrons. The quantitative estimate of drug-likeness (QED) is 0.247. The Morgan fingerprint density at radius 1 is 1.10 bits per heavy atom. The van der Waals surface area contributed by atoms with Crippen molar-refractivity contribution in [2.45, 2.75) is 65.6 Å². The normalized spacial score (nSPS) is 12.2. The van der Waals surface area contributed by atoms with Crippen LogP contribution in [0.1, 0.15) is 73.9 Å². The second-order valence-electron chi connectivity index (χ2n) is 11.1. The van der Waals surface area contributed by atoms with E-state index in [-0.39, 0.29) is 23.1 Å². The summed E-state index contributed by atoms with van der Waals surface area (Å²) in [5.41, 5.74) is 1.65. The van der Waals surface area contributed by atoms with Crippen molar-refractivity contribution >= 4 is 29.2 Å². The first-order chi connectivity index (χ1) is 20.0. The molecule has 11 heteroatoms. The van der Waals surface area contributed by atoms with Crippen LogP contribution in [0.2, 0.25) is 5.02 Å². The Hall–Kier alpha value is -4.18. The molecule has 42 heavy (non-hydrogen) atoms. The molecule has 0 aliphatic carbocycles. The van der Waals surface area contributed by atoms with Gasteiger partial charge in [0.25, 0.3) is 5.91 Å². The maximum Gasteiger partial charge on any atom is 0.407 e. The number of hydrogen-bond acceptors (Lipinski definition) is 6. The van der Waals surface area contributed by atoms with Gasteiger partial charge in [0.2, 0.25) is 0 Å². The topological polar surface area (TPSA) is 111 Å². The Morgan fingerprint density at radius 2 is 1.79 bits per heavy atom. The van der Waals surface area contributed by atoms with Gasteiger partial charge in [0.15, 0.2) is 5.65 Å². The molecule has 1 unspecified atom stereocenters. The number of aromatic nitrogens is 4. The van der Waals surface area contributed by atoms with E-state index in [1.165, 1.54) is 10.7 Å². The monoisotopic (exact) mass is 592 g/mol. The molecule has 2 heterocycles. The lowest BCUT2D eigenvalue weighted by molar-refractivity contribution is 0.0523. The van der Waals surface area contributed by atoms with E-state index in [1.54, 1.807) is 42.4 Å². The minimum Gasteiger partial charge on any atom is -0.444 e. The van der Waals surface area contributed by atoms with Gasteiger partial charge in [-0.25, -0.2) is 14.6 Å². The van der Waals surface area contributed by atoms with E-state index in [4.69, 9.17) is 21.3 Å². The molecule has 1 atom stereocenters. The van der Waals surface area contributed by atoms with E-state index in [1.807, 2.05) is 56.3 Å². The van der Waals surface area contributed by atoms with Crippen molar-refractivity contribution < 1.29 is 14.3 Å². The fourth-order valence-electron chi connectivity index (χ4n) is 4.67. The Bertz CT molecular complexity index is 1590. The summed E-state index contributed by atoms with van der Waals surface area (Å²) in [6.45, 7) is 10.1. The summed E-state index contributed by atoms with van der Waals surface area (Å²) in [7, 11) is 0. The van der Waals surface area contributed by atoms with Crippen molar-refractivity contribution in [3.8, 4) is 0 Å². The van der Waals surface area contributed by atoms with Crippen LogP contribution in [0.25, 0.3) is 5.65 Å². The number of nitrogens with zero attached hydrogens (tertiary/aromatic N) is 5. The first kappa shape index (κ1) is 30.8. The first-order valence-electron chi connectivity index (χ1n) is 14.0. The van der Waals surface area contributed by atoms with Crippen LogP contribution in [0, 0.1) is 6.92 Å². The zero-order valence-corrected chi connectivity index (χ0v) is 25.4. The van der Waals surface area contributed by atoms with Gasteiger partial charge in [-0.15, -0.1) is 0 Å². The molecule has 10 nitrogen and oxygen atoms in total. The van der Waals surface area contributed by atoms with Gasteiger partial charge in [-0.1, -0.05) is 66.6 Å². The van der Waals surface area contributed by atoms with Crippen molar-refractivity contribution in [2.75, 3.05) is 13.1 Å². The number of amides is 2. The highest BCUT2D eigenvalue weighted by molar-refractivity contribution is 6.33. The number of benzene rings is 2. The molecule has 0 aliphatic rings. The lowest BCUT2D eigenvalue weighted by Crippen LogP contribution is -2.42. The standard InChI is InChI=1S/C31H37ClN6O4/c1-6-25(27-35-26-24(32)19-34-38(26)30(41)37(27)20-22-11-8-7-9-12-22)36(28(39)23-15-13-21(2)14-16-23)18-10-17-33-29(40)42-31(3,4)5/h7-9,11-16,19,25H,6,10,17-18,20H2,1-5H3,(H,33,40). The summed E-state index contributed by atoms with van der Waals surface area (Å²) >= 11 is 6.38. The van der Waals surface area contributed by atoms with Gasteiger partial charge in [-0.05, 0) is 58.2 Å². The number of nitrogens with one attached hydrogen (secondary N) is 1. The summed E-state index contributed by atoms with van der Waals surface area (Å²) in [6, 6.07) is 16.3. The third-order valence-electron chi connectivity index (χ3n) is 6.66. The van der Waals surface area contributed by atoms with Crippen molar-refractivity contribution in [1.82, 2.24) is 29.4 Å². The van der Waals surface area contributed by atoms with Crippen LogP contribution >= 0.6 is 11.6 Å². The Balaban J connectivity index is 1.73. The SMILES string of the molecule is CCC(c1nc2c(Cl)cnn2c(=O)n1Cc1ccccc1)N(CCCNC(=O)OC(C)(C)C)C(=O)c1ccc(C)cc1. The van der Waals surface area contributed by atoms with Gasteiger partial charge in [-0.2, -0.15) is 9.61 Å². The molecule has 0 spiro atoms. The average Bonchev–Trinajstić information content (AvgIpc) is 3.32. The van der Waals surface area contributed by atoms with Crippen molar-refractivity contribution in [2.24, 2.45) is 0 Å². The summed E-state index contributed by atoms with van der Waals surface area (Å²) in [5.74, 6) is 0.195. The van der Waals surface area contributed by atoms with Gasteiger partial charge in [0, 0.05) is 18.7 Å². The molecular weight excluding hydrogens is 556 g/mol. The summed E-state index contributed by atoms with van der Waals surface area (Å²) in [6.07, 6.45) is 1.79. The zero-order chi connectivity index (χ0) is 30.4. The average molecular weight is 593 g/mol. The van der Waals surface area contributed by atoms with Crippen LogP contribution in [0.5, 0.6) is 0 Å². The van der Waals surface area contributed by atoms with E-state index >= 15 is 0 Å². The van der Waals surface area contributed by atoms with Crippen LogP contribution < -0.4 is 11.0 Å². The van der Waals surface area contributed by atoms with Crippen molar-refractivity contribution in [1.29, 1.82) is 0 Å². The molecule has 2 aromatic carbocycles. The second-order valence-corrected chi connectivity index (χ2v) is 11.5. The molecule has 0 radical (unpaired) electrons. The number of alkyl carbamates (subject to hydrolysis) is 1. The molecule has 1 N–H and O–H groups in total. The first-order valence-corrected chi connectivity index (χ1v) is 14.4. The molecule has 0 fully saturated rings. The molecule has 0 saturated carbocycles. The van der Waals surface area contributed by atoms with Gasteiger partial charge in [-0.3, -0.25) is 9.36 Å². The number of carbonyl (C=O) groups is 2. The third kappa shape index (κ3) is 7.36. The van der Waals surface area contributed by atoms with E-state index in [0.717, 1.165) is 11.1 Å². The van der Waals surface area contributed by atoms with Gasteiger partial charge < -0.3 is 15.0 Å². The number of halogens is 1. The van der Waals surface area contributed by atoms with Crippen LogP contribution in [-0.4, -0.2) is 54.8 Å². The zero-order valence-electron chi connectivity index (χ0n) is 24.6. The largest absolute Gasteiger partial charge is 0.444 e. The Kier molecular flexibility index (Phi) is 9.67. The molecule has 0 saturated heterocycles. The predicted molar refractivity (Wildman–Crippen MR) is 162 cm³/mol. The molecule has 2 amide bonds. The third-order valence-corrected chi connectivity index (χ3v) is 6.92. The molecule has 2 aromatic heterocycles. The molecular formula is C31H37ClN6O4. The number of hydrogen-bond donors (Lipinski definition) is 1. The van der Waals surface area contributed by atoms with E-state index in [0.29, 0.717) is 37.3 Å². The Morgan fingerprint density at radius 3 is 2.43 bits per heavy atom. The number of fused-ring (bicyclic) bond motifs is 1. The maximum absolute atomic E-state index is 14.0. The highest BCUT2D eigenvalue weighted by Crippen LogP contribution is 2.27. The smallest absolute Gasteiger partial charge is 0.407 e. The summed E-state index contributed by atoms with van der Waals surface area (Å²) < 4.78 is 8.07. The minimum absolute atomic E-state index is 0.209. The van der Waals surface area contributed by atoms with Gasteiger partial charge in [0.1, 0.15) is 16.4 Å². The molecule has 0 aliphatic heterocycles. The van der Waals surface area contributed by atoms with Crippen LogP contribution in [0.4, 0.5) is 4.79 Å². The second kappa shape index (κ2) is 13.2. The highest BCUT2D eigenvalue weighted by atomic mass is 35.5. The fraction of sp³-hybridized carbons (Fsp3) is 0.387. The van der Waals surface area contributed by atoms with Crippen LogP contribution in [0.3, 0.4) is 0 Å². The van der Waals surface area contributed by atoms with Gasteiger partial charge in [0.05, 0.1) is 18.8 Å². The summed E-state index contributed by atoms with van der Waals surface area (Å²) in [5, 5.41) is 7.14. The molecule has 4 aromatic rings. The Labute approximate surface area is 250 Å². The van der Waals surface area contributed by atoms with Crippen LogP contribution in [0.15, 0.2) is 65.6 Å². The number of carbonyl (C=O) groups excluding carboxylic acids is 2. The lowest BCUT2D eigenvalue weighted by atomic mass is 10.1. The maximum atomic E-state index is 14.0. The summed E-state index contributed by atoms with van der Waals surface area (Å²) in [4.78, 5) is 46.5. The van der Waals surface area contributed by atoms with E-state index in [9.17, 15) is 14.4 Å². The van der Waals surface area contributed by atoms with Crippen molar-refractivity contribution in [3.05, 3.63) is 98.8 Å². The molecule has 0 bridgehead atoms. The lowest BCUT2D eigenvalue weighted by Gasteiger charge is -2.32. The number of rotatable bonds is 10. The minimum atomic E-state index is -0.619.